The highest BCUT2D eigenvalue weighted by molar-refractivity contribution is 5.83. The van der Waals surface area contributed by atoms with E-state index < -0.39 is 23.9 Å². The molecule has 0 radical (unpaired) electrons. The Morgan fingerprint density at radius 3 is 2.69 bits per heavy atom. The topological polar surface area (TPSA) is 52.3 Å². The number of carbonyl (C=O) groups is 1. The second-order valence-electron chi connectivity index (χ2n) is 3.42. The molecule has 16 heavy (non-hydrogen) atoms. The van der Waals surface area contributed by atoms with Crippen LogP contribution in [0.1, 0.15) is 5.56 Å². The molecule has 1 rings (SSSR count). The summed E-state index contributed by atoms with van der Waals surface area (Å²) in [6, 6.07) is 5.14. The predicted octanol–water partition coefficient (Wildman–Crippen LogP) is 1.16. The molecule has 88 valence electrons. The lowest BCUT2D eigenvalue weighted by Crippen LogP contribution is -2.45. The van der Waals surface area contributed by atoms with E-state index in [1.54, 1.807) is 0 Å². The van der Waals surface area contributed by atoms with Crippen LogP contribution in [-0.4, -0.2) is 26.3 Å². The number of rotatable bonds is 4. The van der Waals surface area contributed by atoms with Crippen molar-refractivity contribution < 1.29 is 18.3 Å². The van der Waals surface area contributed by atoms with Gasteiger partial charge in [0.25, 0.3) is 0 Å². The maximum Gasteiger partial charge on any atom is 0.320 e. The molecule has 0 amide bonds. The van der Waals surface area contributed by atoms with Gasteiger partial charge >= 0.3 is 5.97 Å². The normalized spacial score (nSPS) is 14.2. The third-order valence-electron chi connectivity index (χ3n) is 2.53. The fourth-order valence-electron chi connectivity index (χ4n) is 1.49. The Morgan fingerprint density at radius 2 is 2.25 bits per heavy atom. The van der Waals surface area contributed by atoms with Crippen molar-refractivity contribution in [1.29, 1.82) is 0 Å². The van der Waals surface area contributed by atoms with E-state index in [-0.39, 0.29) is 12.1 Å². The third kappa shape index (κ3) is 2.04. The van der Waals surface area contributed by atoms with E-state index in [1.807, 2.05) is 0 Å². The largest absolute Gasteiger partial charge is 0.468 e. The average molecular weight is 229 g/mol. The van der Waals surface area contributed by atoms with Gasteiger partial charge in [-0.1, -0.05) is 12.1 Å². The summed E-state index contributed by atoms with van der Waals surface area (Å²) in [5, 5.41) is 0. The molecule has 1 aromatic rings. The third-order valence-corrected chi connectivity index (χ3v) is 2.53. The number of methoxy groups -OCH3 is 1. The van der Waals surface area contributed by atoms with Crippen LogP contribution < -0.4 is 5.73 Å². The smallest absolute Gasteiger partial charge is 0.320 e. The maximum atomic E-state index is 13.1. The fourth-order valence-corrected chi connectivity index (χ4v) is 1.49. The summed E-state index contributed by atoms with van der Waals surface area (Å²) in [6.45, 7) is -1.31. The highest BCUT2D eigenvalue weighted by Crippen LogP contribution is 2.26. The van der Waals surface area contributed by atoms with Crippen LogP contribution >= 0.6 is 0 Å². The first kappa shape index (κ1) is 12.6. The maximum absolute atomic E-state index is 13.1. The highest BCUT2D eigenvalue weighted by Gasteiger charge is 2.40. The Labute approximate surface area is 92.2 Å². The Kier molecular flexibility index (Phi) is 3.95. The van der Waals surface area contributed by atoms with E-state index in [0.717, 1.165) is 13.2 Å². The zero-order valence-electron chi connectivity index (χ0n) is 8.87. The SMILES string of the molecule is COC(=O)C(CN)(CF)c1cccc(F)c1. The molecular formula is C11H13F2NO2. The first-order chi connectivity index (χ1) is 7.60. The van der Waals surface area contributed by atoms with Gasteiger partial charge in [0, 0.05) is 6.54 Å². The van der Waals surface area contributed by atoms with Crippen LogP contribution in [0.2, 0.25) is 0 Å². The van der Waals surface area contributed by atoms with Crippen molar-refractivity contribution in [2.45, 2.75) is 5.41 Å². The van der Waals surface area contributed by atoms with Gasteiger partial charge in [0.15, 0.2) is 0 Å². The first-order valence-corrected chi connectivity index (χ1v) is 4.71. The van der Waals surface area contributed by atoms with Crippen molar-refractivity contribution in [2.75, 3.05) is 20.3 Å². The molecule has 0 bridgehead atoms. The molecule has 2 N–H and O–H groups in total. The summed E-state index contributed by atoms with van der Waals surface area (Å²) in [6.07, 6.45) is 0. The molecule has 1 aromatic carbocycles. The Hall–Kier alpha value is -1.49. The predicted molar refractivity (Wildman–Crippen MR) is 55.1 cm³/mol. The first-order valence-electron chi connectivity index (χ1n) is 4.71. The molecule has 1 atom stereocenters. The van der Waals surface area contributed by atoms with Gasteiger partial charge in [-0.15, -0.1) is 0 Å². The summed E-state index contributed by atoms with van der Waals surface area (Å²) < 4.78 is 30.6. The summed E-state index contributed by atoms with van der Waals surface area (Å²) in [4.78, 5) is 11.5. The van der Waals surface area contributed by atoms with Crippen molar-refractivity contribution in [3.63, 3.8) is 0 Å². The van der Waals surface area contributed by atoms with E-state index >= 15 is 0 Å². The van der Waals surface area contributed by atoms with Crippen LogP contribution in [-0.2, 0) is 14.9 Å². The highest BCUT2D eigenvalue weighted by atomic mass is 19.1. The Bertz CT molecular complexity index is 378. The van der Waals surface area contributed by atoms with E-state index in [2.05, 4.69) is 4.74 Å². The molecule has 1 unspecified atom stereocenters. The minimum atomic E-state index is -1.61. The lowest BCUT2D eigenvalue weighted by Gasteiger charge is -2.26. The summed E-state index contributed by atoms with van der Waals surface area (Å²) in [5.41, 5.74) is 3.98. The van der Waals surface area contributed by atoms with E-state index in [0.29, 0.717) is 0 Å². The molecule has 0 saturated carbocycles. The number of hydrogen-bond acceptors (Lipinski definition) is 3. The number of alkyl halides is 1. The zero-order chi connectivity index (χ0) is 12.2. The monoisotopic (exact) mass is 229 g/mol. The second-order valence-corrected chi connectivity index (χ2v) is 3.42. The molecular weight excluding hydrogens is 216 g/mol. The van der Waals surface area contributed by atoms with Gasteiger partial charge in [-0.25, -0.2) is 8.78 Å². The molecule has 0 spiro atoms. The van der Waals surface area contributed by atoms with Gasteiger partial charge in [-0.3, -0.25) is 4.79 Å². The minimum absolute atomic E-state index is 0.185. The van der Waals surface area contributed by atoms with Crippen LogP contribution in [0.4, 0.5) is 8.78 Å². The number of carbonyl (C=O) groups excluding carboxylic acids is 1. The number of benzene rings is 1. The molecule has 5 heteroatoms. The average Bonchev–Trinajstić information content (AvgIpc) is 2.31. The zero-order valence-corrected chi connectivity index (χ0v) is 8.87. The number of nitrogens with two attached hydrogens (primary N) is 1. The van der Waals surface area contributed by atoms with Crippen molar-refractivity contribution in [1.82, 2.24) is 0 Å². The van der Waals surface area contributed by atoms with Crippen molar-refractivity contribution in [3.8, 4) is 0 Å². The molecule has 3 nitrogen and oxygen atoms in total. The number of esters is 1. The minimum Gasteiger partial charge on any atom is -0.468 e. The molecule has 0 aliphatic rings. The standard InChI is InChI=1S/C11H13F2NO2/c1-16-10(15)11(6-12,7-14)8-3-2-4-9(13)5-8/h2-5H,6-7,14H2,1H3. The van der Waals surface area contributed by atoms with Crippen LogP contribution in [0, 0.1) is 5.82 Å². The lowest BCUT2D eigenvalue weighted by molar-refractivity contribution is -0.147. The van der Waals surface area contributed by atoms with Gasteiger partial charge in [-0.05, 0) is 17.7 Å². The van der Waals surface area contributed by atoms with Gasteiger partial charge in [0.1, 0.15) is 17.9 Å². The summed E-state index contributed by atoms with van der Waals surface area (Å²) >= 11 is 0. The summed E-state index contributed by atoms with van der Waals surface area (Å²) in [7, 11) is 1.14. The summed E-state index contributed by atoms with van der Waals surface area (Å²) in [5.74, 6) is -1.35. The van der Waals surface area contributed by atoms with Gasteiger partial charge < -0.3 is 10.5 Å². The molecule has 0 fully saturated rings. The molecule has 0 aliphatic heterocycles. The van der Waals surface area contributed by atoms with E-state index in [4.69, 9.17) is 5.73 Å². The van der Waals surface area contributed by atoms with Gasteiger partial charge in [-0.2, -0.15) is 0 Å². The van der Waals surface area contributed by atoms with Crippen molar-refractivity contribution >= 4 is 5.97 Å². The van der Waals surface area contributed by atoms with Gasteiger partial charge in [0.2, 0.25) is 0 Å². The second kappa shape index (κ2) is 5.03. The van der Waals surface area contributed by atoms with Crippen LogP contribution in [0.15, 0.2) is 24.3 Å². The lowest BCUT2D eigenvalue weighted by atomic mass is 9.81. The van der Waals surface area contributed by atoms with Crippen LogP contribution in [0.3, 0.4) is 0 Å². The molecule has 0 aromatic heterocycles. The Balaban J connectivity index is 3.25. The van der Waals surface area contributed by atoms with E-state index in [1.165, 1.54) is 18.2 Å². The number of halogens is 2. The van der Waals surface area contributed by atoms with Gasteiger partial charge in [0.05, 0.1) is 7.11 Å². The molecule has 0 saturated heterocycles. The van der Waals surface area contributed by atoms with E-state index in [9.17, 15) is 13.6 Å². The fraction of sp³-hybridized carbons (Fsp3) is 0.364. The van der Waals surface area contributed by atoms with Crippen LogP contribution in [0.25, 0.3) is 0 Å². The molecule has 0 heterocycles. The quantitative estimate of drug-likeness (QED) is 0.788. The van der Waals surface area contributed by atoms with Crippen molar-refractivity contribution in [2.24, 2.45) is 5.73 Å². The Morgan fingerprint density at radius 1 is 1.56 bits per heavy atom. The number of hydrogen-bond donors (Lipinski definition) is 1. The molecule has 0 aliphatic carbocycles. The number of ether oxygens (including phenoxy) is 1. The van der Waals surface area contributed by atoms with Crippen molar-refractivity contribution in [3.05, 3.63) is 35.6 Å². The van der Waals surface area contributed by atoms with Crippen LogP contribution in [0.5, 0.6) is 0 Å².